The number of unbranched alkanes of at least 4 members (excludes halogenated alkanes) is 5. The van der Waals surface area contributed by atoms with Crippen LogP contribution in [0.3, 0.4) is 0 Å². The highest BCUT2D eigenvalue weighted by atomic mass is 16.6. The number of esters is 3. The van der Waals surface area contributed by atoms with Crippen LogP contribution in [0.5, 0.6) is 0 Å². The summed E-state index contributed by atoms with van der Waals surface area (Å²) in [6.45, 7) is 1.68. The molecule has 252 valence electrons. The van der Waals surface area contributed by atoms with E-state index in [-0.39, 0.29) is 50.6 Å². The van der Waals surface area contributed by atoms with Gasteiger partial charge in [0, 0.05) is 32.1 Å². The van der Waals surface area contributed by atoms with Gasteiger partial charge in [-0.2, -0.15) is 0 Å². The molecule has 0 heterocycles. The van der Waals surface area contributed by atoms with E-state index in [1.165, 1.54) is 56.9 Å². The third-order valence-electron chi connectivity index (χ3n) is 8.71. The van der Waals surface area contributed by atoms with Gasteiger partial charge >= 0.3 is 17.9 Å². The van der Waals surface area contributed by atoms with Crippen molar-refractivity contribution in [3.05, 3.63) is 48.0 Å². The number of rotatable bonds is 24. The minimum atomic E-state index is -0.862. The molecule has 1 aromatic carbocycles. The predicted molar refractivity (Wildman–Crippen MR) is 183 cm³/mol. The van der Waals surface area contributed by atoms with Crippen molar-refractivity contribution in [1.29, 1.82) is 0 Å². The second kappa shape index (κ2) is 23.8. The molecule has 6 heteroatoms. The van der Waals surface area contributed by atoms with Crippen LogP contribution < -0.4 is 0 Å². The number of ether oxygens (including phenoxy) is 3. The van der Waals surface area contributed by atoms with Crippen molar-refractivity contribution in [1.82, 2.24) is 0 Å². The van der Waals surface area contributed by atoms with Crippen LogP contribution in [0.1, 0.15) is 122 Å². The van der Waals surface area contributed by atoms with Gasteiger partial charge in [0.2, 0.25) is 0 Å². The Bertz CT molecular complexity index is 1090. The normalized spacial score (nSPS) is 16.1. The van der Waals surface area contributed by atoms with E-state index < -0.39 is 5.41 Å². The minimum Gasteiger partial charge on any atom is -0.465 e. The Labute approximate surface area is 278 Å². The predicted octanol–water partition coefficient (Wildman–Crippen LogP) is 8.57. The number of allylic oxidation sites excluding steroid dienone is 2. The molecule has 0 bridgehead atoms. The van der Waals surface area contributed by atoms with Crippen LogP contribution in [0.15, 0.2) is 42.5 Å². The number of aryl methyl sites for hydroxylation is 1. The zero-order valence-electron chi connectivity index (χ0n) is 28.1. The Kier molecular flexibility index (Phi) is 20.0. The Hall–Kier alpha value is -3.51. The highest BCUT2D eigenvalue weighted by Crippen LogP contribution is 2.37. The maximum absolute atomic E-state index is 12.5. The molecule has 1 saturated carbocycles. The van der Waals surface area contributed by atoms with Gasteiger partial charge in [0.15, 0.2) is 0 Å². The highest BCUT2D eigenvalue weighted by Gasteiger charge is 2.31. The van der Waals surface area contributed by atoms with E-state index in [1.807, 2.05) is 0 Å². The van der Waals surface area contributed by atoms with Gasteiger partial charge in [-0.3, -0.25) is 14.4 Å². The summed E-state index contributed by atoms with van der Waals surface area (Å²) in [6, 6.07) is 10.8. The van der Waals surface area contributed by atoms with E-state index in [2.05, 4.69) is 54.3 Å². The monoisotopic (exact) mass is 632 g/mol. The third kappa shape index (κ3) is 17.8. The van der Waals surface area contributed by atoms with Crippen LogP contribution in [0.2, 0.25) is 0 Å². The Morgan fingerprint density at radius 1 is 0.761 bits per heavy atom. The van der Waals surface area contributed by atoms with Crippen molar-refractivity contribution in [2.45, 2.75) is 122 Å². The summed E-state index contributed by atoms with van der Waals surface area (Å²) in [6.07, 6.45) is 30.9. The molecular formula is C40H56O6. The Morgan fingerprint density at radius 3 is 1.91 bits per heavy atom. The van der Waals surface area contributed by atoms with Gasteiger partial charge in [-0.15, -0.1) is 24.7 Å². The van der Waals surface area contributed by atoms with Crippen LogP contribution in [-0.4, -0.2) is 37.7 Å². The molecule has 1 aliphatic rings. The summed E-state index contributed by atoms with van der Waals surface area (Å²) in [5, 5.41) is 0. The molecule has 0 aromatic heterocycles. The van der Waals surface area contributed by atoms with Crippen LogP contribution in [0.4, 0.5) is 0 Å². The van der Waals surface area contributed by atoms with E-state index in [9.17, 15) is 14.4 Å². The lowest BCUT2D eigenvalue weighted by atomic mass is 9.88. The van der Waals surface area contributed by atoms with Crippen molar-refractivity contribution in [3.63, 3.8) is 0 Å². The van der Waals surface area contributed by atoms with E-state index in [0.717, 1.165) is 24.7 Å². The first-order chi connectivity index (χ1) is 22.3. The number of benzene rings is 1. The first-order valence-corrected chi connectivity index (χ1v) is 17.4. The van der Waals surface area contributed by atoms with E-state index in [1.54, 1.807) is 6.92 Å². The maximum atomic E-state index is 12.5. The topological polar surface area (TPSA) is 78.9 Å². The SMILES string of the molecule is C#CCCCC(=O)OCC(C)(COC(=O)CCCC#C)COC(=O)CCC/C=C\C[C@H]1CCC[C@@H]1CCCCCc1ccccc1. The molecule has 1 fully saturated rings. The summed E-state index contributed by atoms with van der Waals surface area (Å²) in [5.41, 5.74) is 0.577. The molecule has 0 amide bonds. The number of carbonyl (C=O) groups excluding carboxylic acids is 3. The molecule has 0 unspecified atom stereocenters. The molecule has 0 radical (unpaired) electrons. The molecule has 0 N–H and O–H groups in total. The second-order valence-electron chi connectivity index (χ2n) is 13.0. The second-order valence-corrected chi connectivity index (χ2v) is 13.0. The van der Waals surface area contributed by atoms with Crippen molar-refractivity contribution >= 4 is 17.9 Å². The molecule has 6 nitrogen and oxygen atoms in total. The van der Waals surface area contributed by atoms with Gasteiger partial charge in [-0.1, -0.05) is 74.6 Å². The average molecular weight is 633 g/mol. The molecule has 0 spiro atoms. The van der Waals surface area contributed by atoms with Crippen LogP contribution >= 0.6 is 0 Å². The fourth-order valence-electron chi connectivity index (χ4n) is 5.89. The fraction of sp³-hybridized carbons (Fsp3) is 0.625. The van der Waals surface area contributed by atoms with Crippen LogP contribution in [-0.2, 0) is 35.0 Å². The standard InChI is InChI=1S/C40H56O6/c1-4-6-12-28-37(41)44-31-40(3,32-45-38(42)29-13-7-5-2)33-46-39(43)30-19-9-8-17-24-35-26-20-27-36(35)25-18-11-16-23-34-21-14-10-15-22-34/h1-2,8,10,14-15,17,21-22,35-36H,6-7,9,11-13,16,18-20,23-33H2,3H3/b17-8-/t35-,36-/m0/s1. The smallest absolute Gasteiger partial charge is 0.305 e. The first-order valence-electron chi connectivity index (χ1n) is 17.4. The molecular weight excluding hydrogens is 576 g/mol. The lowest BCUT2D eigenvalue weighted by Gasteiger charge is -2.28. The number of hydrogen-bond donors (Lipinski definition) is 0. The molecule has 46 heavy (non-hydrogen) atoms. The van der Waals surface area contributed by atoms with Crippen LogP contribution in [0.25, 0.3) is 0 Å². The Balaban J connectivity index is 1.66. The Morgan fingerprint density at radius 2 is 1.33 bits per heavy atom. The number of carbonyl (C=O) groups is 3. The first kappa shape index (κ1) is 38.7. The average Bonchev–Trinajstić information content (AvgIpc) is 3.51. The molecule has 1 aliphatic carbocycles. The summed E-state index contributed by atoms with van der Waals surface area (Å²) < 4.78 is 16.4. The lowest BCUT2D eigenvalue weighted by Crippen LogP contribution is -2.37. The van der Waals surface area contributed by atoms with Gasteiger partial charge in [0.1, 0.15) is 19.8 Å². The zero-order valence-corrected chi connectivity index (χ0v) is 28.1. The van der Waals surface area contributed by atoms with E-state index in [0.29, 0.717) is 38.5 Å². The van der Waals surface area contributed by atoms with Gasteiger partial charge < -0.3 is 14.2 Å². The molecule has 0 saturated heterocycles. The quantitative estimate of drug-likeness (QED) is 0.0374. The maximum Gasteiger partial charge on any atom is 0.305 e. The lowest BCUT2D eigenvalue weighted by molar-refractivity contribution is -0.160. The van der Waals surface area contributed by atoms with Gasteiger partial charge in [-0.25, -0.2) is 0 Å². The third-order valence-corrected chi connectivity index (χ3v) is 8.71. The van der Waals surface area contributed by atoms with Gasteiger partial charge in [0.25, 0.3) is 0 Å². The van der Waals surface area contributed by atoms with Gasteiger partial charge in [-0.05, 0) is 75.7 Å². The van der Waals surface area contributed by atoms with Crippen molar-refractivity contribution in [2.24, 2.45) is 17.3 Å². The molecule has 2 atom stereocenters. The fourth-order valence-corrected chi connectivity index (χ4v) is 5.89. The van der Waals surface area contributed by atoms with E-state index in [4.69, 9.17) is 27.1 Å². The highest BCUT2D eigenvalue weighted by molar-refractivity contribution is 5.70. The summed E-state index contributed by atoms with van der Waals surface area (Å²) in [7, 11) is 0. The van der Waals surface area contributed by atoms with Crippen molar-refractivity contribution < 1.29 is 28.6 Å². The summed E-state index contributed by atoms with van der Waals surface area (Å²) in [5.74, 6) is 5.53. The van der Waals surface area contributed by atoms with Gasteiger partial charge in [0.05, 0.1) is 5.41 Å². The summed E-state index contributed by atoms with van der Waals surface area (Å²) in [4.78, 5) is 36.8. The van der Waals surface area contributed by atoms with E-state index >= 15 is 0 Å². The van der Waals surface area contributed by atoms with Crippen molar-refractivity contribution in [3.8, 4) is 24.7 Å². The number of hydrogen-bond acceptors (Lipinski definition) is 6. The van der Waals surface area contributed by atoms with Crippen LogP contribution in [0, 0.1) is 41.9 Å². The van der Waals surface area contributed by atoms with Crippen molar-refractivity contribution in [2.75, 3.05) is 19.8 Å². The zero-order chi connectivity index (χ0) is 33.3. The largest absolute Gasteiger partial charge is 0.465 e. The summed E-state index contributed by atoms with van der Waals surface area (Å²) >= 11 is 0. The number of terminal acetylenes is 2. The molecule has 0 aliphatic heterocycles. The minimum absolute atomic E-state index is 0.0216. The molecule has 2 rings (SSSR count). The molecule has 1 aromatic rings.